The molecule has 1 fully saturated rings. The van der Waals surface area contributed by atoms with Gasteiger partial charge in [-0.1, -0.05) is 6.07 Å². The lowest BCUT2D eigenvalue weighted by Crippen LogP contribution is -2.52. The number of nitrogens with zero attached hydrogens (tertiary/aromatic N) is 2. The van der Waals surface area contributed by atoms with Gasteiger partial charge >= 0.3 is 0 Å². The van der Waals surface area contributed by atoms with Crippen molar-refractivity contribution in [2.75, 3.05) is 47.5 Å². The maximum Gasteiger partial charge on any atom is 0.203 e. The van der Waals surface area contributed by atoms with Gasteiger partial charge in [0.15, 0.2) is 11.5 Å². The van der Waals surface area contributed by atoms with E-state index in [-0.39, 0.29) is 11.1 Å². The average Bonchev–Trinajstić information content (AvgIpc) is 2.88. The first kappa shape index (κ1) is 20.8. The molecule has 1 aromatic carbocycles. The third-order valence-electron chi connectivity index (χ3n) is 5.67. The lowest BCUT2D eigenvalue weighted by atomic mass is 10.0. The standard InChI is InChI=1S/C22H35N3O3/c1-21(2)14-18(22(3,4)23-21)25-12-10-24(11-13-25)15-16-8-9-17(26-5)20(28-7)19(16)27-6/h8-9,14,23H,10-13,15H2,1-7H3. The molecule has 1 N–H and O–H groups in total. The van der Waals surface area contributed by atoms with Crippen LogP contribution in [0.15, 0.2) is 23.9 Å². The van der Waals surface area contributed by atoms with Crippen molar-refractivity contribution in [3.05, 3.63) is 29.5 Å². The van der Waals surface area contributed by atoms with Crippen LogP contribution in [0.4, 0.5) is 0 Å². The quantitative estimate of drug-likeness (QED) is 0.807. The van der Waals surface area contributed by atoms with Crippen LogP contribution < -0.4 is 19.5 Å². The molecule has 0 saturated carbocycles. The van der Waals surface area contributed by atoms with E-state index in [1.54, 1.807) is 21.3 Å². The fourth-order valence-corrected chi connectivity index (χ4v) is 4.59. The highest BCUT2D eigenvalue weighted by Crippen LogP contribution is 2.40. The molecule has 0 bridgehead atoms. The van der Waals surface area contributed by atoms with E-state index in [0.29, 0.717) is 11.5 Å². The summed E-state index contributed by atoms with van der Waals surface area (Å²) >= 11 is 0. The molecule has 6 heteroatoms. The van der Waals surface area contributed by atoms with Gasteiger partial charge in [-0.15, -0.1) is 0 Å². The van der Waals surface area contributed by atoms with E-state index in [1.165, 1.54) is 5.70 Å². The summed E-state index contributed by atoms with van der Waals surface area (Å²) in [5, 5.41) is 3.72. The van der Waals surface area contributed by atoms with Crippen LogP contribution in [0.3, 0.4) is 0 Å². The fourth-order valence-electron chi connectivity index (χ4n) is 4.59. The second-order valence-electron chi connectivity index (χ2n) is 8.76. The monoisotopic (exact) mass is 389 g/mol. The zero-order chi connectivity index (χ0) is 20.5. The van der Waals surface area contributed by atoms with Gasteiger partial charge in [0, 0.05) is 49.5 Å². The van der Waals surface area contributed by atoms with E-state index >= 15 is 0 Å². The van der Waals surface area contributed by atoms with Gasteiger partial charge in [-0.2, -0.15) is 0 Å². The first-order valence-corrected chi connectivity index (χ1v) is 9.98. The summed E-state index contributed by atoms with van der Waals surface area (Å²) in [4.78, 5) is 5.01. The molecule has 0 aliphatic carbocycles. The molecule has 2 heterocycles. The highest BCUT2D eigenvalue weighted by atomic mass is 16.5. The van der Waals surface area contributed by atoms with Crippen LogP contribution in [0.1, 0.15) is 33.3 Å². The largest absolute Gasteiger partial charge is 0.493 e. The summed E-state index contributed by atoms with van der Waals surface area (Å²) in [6.45, 7) is 14.0. The van der Waals surface area contributed by atoms with Crippen molar-refractivity contribution in [3.63, 3.8) is 0 Å². The van der Waals surface area contributed by atoms with Crippen molar-refractivity contribution >= 4 is 0 Å². The SMILES string of the molecule is COc1ccc(CN2CCN(C3=CC(C)(C)NC3(C)C)CC2)c(OC)c1OC. The summed E-state index contributed by atoms with van der Waals surface area (Å²) in [6, 6.07) is 4.02. The van der Waals surface area contributed by atoms with Crippen molar-refractivity contribution in [2.45, 2.75) is 45.3 Å². The minimum Gasteiger partial charge on any atom is -0.493 e. The van der Waals surface area contributed by atoms with Crippen LogP contribution in [0.25, 0.3) is 0 Å². The number of ether oxygens (including phenoxy) is 3. The number of benzene rings is 1. The molecule has 2 aliphatic heterocycles. The Bertz CT molecular complexity index is 735. The molecular formula is C22H35N3O3. The van der Waals surface area contributed by atoms with Crippen molar-refractivity contribution in [2.24, 2.45) is 0 Å². The van der Waals surface area contributed by atoms with E-state index in [1.807, 2.05) is 6.07 Å². The van der Waals surface area contributed by atoms with E-state index in [0.717, 1.165) is 44.0 Å². The van der Waals surface area contributed by atoms with Gasteiger partial charge < -0.3 is 19.1 Å². The van der Waals surface area contributed by atoms with Crippen molar-refractivity contribution in [3.8, 4) is 17.2 Å². The number of methoxy groups -OCH3 is 3. The number of hydrogen-bond acceptors (Lipinski definition) is 6. The summed E-state index contributed by atoms with van der Waals surface area (Å²) in [7, 11) is 4.98. The Hall–Kier alpha value is -1.92. The van der Waals surface area contributed by atoms with Crippen LogP contribution in [-0.4, -0.2) is 68.4 Å². The van der Waals surface area contributed by atoms with Gasteiger partial charge in [0.1, 0.15) is 0 Å². The van der Waals surface area contributed by atoms with E-state index in [4.69, 9.17) is 14.2 Å². The number of rotatable bonds is 6. The average molecular weight is 390 g/mol. The molecule has 28 heavy (non-hydrogen) atoms. The van der Waals surface area contributed by atoms with Gasteiger partial charge in [-0.3, -0.25) is 10.2 Å². The number of hydrogen-bond donors (Lipinski definition) is 1. The molecule has 6 nitrogen and oxygen atoms in total. The van der Waals surface area contributed by atoms with E-state index in [2.05, 4.69) is 55.0 Å². The minimum atomic E-state index is 0.0121. The number of piperazine rings is 1. The normalized spacial score (nSPS) is 21.4. The fraction of sp³-hybridized carbons (Fsp3) is 0.636. The van der Waals surface area contributed by atoms with E-state index in [9.17, 15) is 0 Å². The molecule has 0 spiro atoms. The van der Waals surface area contributed by atoms with Gasteiger partial charge in [0.2, 0.25) is 5.75 Å². The highest BCUT2D eigenvalue weighted by Gasteiger charge is 2.40. The Balaban J connectivity index is 1.69. The lowest BCUT2D eigenvalue weighted by Gasteiger charge is -2.41. The van der Waals surface area contributed by atoms with E-state index < -0.39 is 0 Å². The predicted octanol–water partition coefficient (Wildman–Crippen LogP) is 2.87. The molecule has 156 valence electrons. The smallest absolute Gasteiger partial charge is 0.203 e. The molecule has 0 aromatic heterocycles. The Kier molecular flexibility index (Phi) is 5.82. The molecule has 0 amide bonds. The zero-order valence-electron chi connectivity index (χ0n) is 18.4. The Morgan fingerprint density at radius 1 is 0.893 bits per heavy atom. The third kappa shape index (κ3) is 4.08. The molecule has 3 rings (SSSR count). The zero-order valence-corrected chi connectivity index (χ0v) is 18.4. The van der Waals surface area contributed by atoms with Gasteiger partial charge in [-0.05, 0) is 39.8 Å². The summed E-state index contributed by atoms with van der Waals surface area (Å²) in [5.74, 6) is 2.11. The second kappa shape index (κ2) is 7.84. The van der Waals surface area contributed by atoms with Gasteiger partial charge in [0.05, 0.1) is 26.9 Å². The van der Waals surface area contributed by atoms with Crippen molar-refractivity contribution in [1.82, 2.24) is 15.1 Å². The van der Waals surface area contributed by atoms with Crippen LogP contribution >= 0.6 is 0 Å². The first-order chi connectivity index (χ1) is 13.2. The first-order valence-electron chi connectivity index (χ1n) is 9.98. The highest BCUT2D eigenvalue weighted by molar-refractivity contribution is 5.55. The van der Waals surface area contributed by atoms with Gasteiger partial charge in [0.25, 0.3) is 0 Å². The summed E-state index contributed by atoms with van der Waals surface area (Å²) in [5.41, 5.74) is 2.60. The topological polar surface area (TPSA) is 46.2 Å². The molecule has 0 atom stereocenters. The Morgan fingerprint density at radius 2 is 1.54 bits per heavy atom. The maximum absolute atomic E-state index is 5.64. The lowest BCUT2D eigenvalue weighted by molar-refractivity contribution is 0.139. The molecule has 1 aromatic rings. The number of nitrogens with one attached hydrogen (secondary N) is 1. The van der Waals surface area contributed by atoms with Crippen LogP contribution in [0.2, 0.25) is 0 Å². The van der Waals surface area contributed by atoms with Crippen LogP contribution in [-0.2, 0) is 6.54 Å². The van der Waals surface area contributed by atoms with Crippen LogP contribution in [0, 0.1) is 0 Å². The van der Waals surface area contributed by atoms with Gasteiger partial charge in [-0.25, -0.2) is 0 Å². The summed E-state index contributed by atoms with van der Waals surface area (Å²) in [6.07, 6.45) is 2.39. The van der Waals surface area contributed by atoms with Crippen molar-refractivity contribution in [1.29, 1.82) is 0 Å². The molecule has 2 aliphatic rings. The molecule has 0 unspecified atom stereocenters. The Morgan fingerprint density at radius 3 is 2.04 bits per heavy atom. The molecule has 1 saturated heterocycles. The summed E-state index contributed by atoms with van der Waals surface area (Å²) < 4.78 is 16.6. The van der Waals surface area contributed by atoms with Crippen molar-refractivity contribution < 1.29 is 14.2 Å². The molecular weight excluding hydrogens is 354 g/mol. The maximum atomic E-state index is 5.64. The van der Waals surface area contributed by atoms with Crippen LogP contribution in [0.5, 0.6) is 17.2 Å². The second-order valence-corrected chi connectivity index (χ2v) is 8.76. The molecule has 0 radical (unpaired) electrons. The predicted molar refractivity (Wildman–Crippen MR) is 112 cm³/mol. The Labute approximate surface area is 169 Å². The minimum absolute atomic E-state index is 0.0121. The third-order valence-corrected chi connectivity index (χ3v) is 5.67.